The van der Waals surface area contributed by atoms with Crippen molar-refractivity contribution in [1.29, 1.82) is 5.26 Å². The molecule has 1 N–H and O–H groups in total. The second-order valence-electron chi connectivity index (χ2n) is 10.8. The summed E-state index contributed by atoms with van der Waals surface area (Å²) in [6, 6.07) is 6.78. The van der Waals surface area contributed by atoms with E-state index in [2.05, 4.69) is 33.0 Å². The molecule has 1 spiro atoms. The van der Waals surface area contributed by atoms with Crippen LogP contribution in [0.2, 0.25) is 0 Å². The first-order valence-corrected chi connectivity index (χ1v) is 13.5. The molecule has 1 aliphatic carbocycles. The van der Waals surface area contributed by atoms with Crippen molar-refractivity contribution in [3.05, 3.63) is 72.2 Å². The Kier molecular flexibility index (Phi) is 6.75. The minimum atomic E-state index is -0.896. The van der Waals surface area contributed by atoms with E-state index in [0.717, 1.165) is 50.7 Å². The molecule has 1 saturated carbocycles. The van der Waals surface area contributed by atoms with Crippen molar-refractivity contribution in [2.45, 2.75) is 44.8 Å². The van der Waals surface area contributed by atoms with E-state index in [1.54, 1.807) is 16.8 Å². The van der Waals surface area contributed by atoms with Gasteiger partial charge in [-0.2, -0.15) is 10.4 Å². The second-order valence-corrected chi connectivity index (χ2v) is 10.8. The van der Waals surface area contributed by atoms with E-state index in [1.807, 2.05) is 16.5 Å². The lowest BCUT2D eigenvalue weighted by Gasteiger charge is -2.52. The number of likely N-dealkylation sites (tertiary alicyclic amines) is 1. The number of aromatic nitrogens is 6. The number of fused-ring (bicyclic) bond motifs is 1. The number of ether oxygens (including phenoxy) is 1. The zero-order valence-electron chi connectivity index (χ0n) is 22.6. The summed E-state index contributed by atoms with van der Waals surface area (Å²) in [6.45, 7) is 6.65. The maximum atomic E-state index is 13.4. The van der Waals surface area contributed by atoms with E-state index in [0.29, 0.717) is 33.8 Å². The third-order valence-electron chi connectivity index (χ3n) is 8.41. The highest BCUT2D eigenvalue weighted by Gasteiger charge is 2.47. The molecule has 2 aliphatic rings. The number of piperidine rings is 1. The zero-order chi connectivity index (χ0) is 28.7. The van der Waals surface area contributed by atoms with E-state index in [-0.39, 0.29) is 17.4 Å². The van der Waals surface area contributed by atoms with Gasteiger partial charge in [0.05, 0.1) is 36.4 Å². The summed E-state index contributed by atoms with van der Waals surface area (Å²) in [4.78, 5) is 17.9. The predicted molar refractivity (Wildman–Crippen MR) is 145 cm³/mol. The average Bonchev–Trinajstić information content (AvgIpc) is 3.57. The average molecular weight is 557 g/mol. The first-order valence-electron chi connectivity index (χ1n) is 13.5. The van der Waals surface area contributed by atoms with E-state index in [4.69, 9.17) is 4.74 Å². The Labute approximate surface area is 235 Å². The van der Waals surface area contributed by atoms with Crippen LogP contribution in [0.4, 0.5) is 4.39 Å². The maximum Gasteiger partial charge on any atom is 0.245 e. The molecule has 0 bridgehead atoms. The topological polar surface area (TPSA) is 134 Å². The fourth-order valence-corrected chi connectivity index (χ4v) is 6.11. The summed E-state index contributed by atoms with van der Waals surface area (Å²) in [5, 5.41) is 33.0. The molecule has 0 aromatic carbocycles. The lowest BCUT2D eigenvalue weighted by molar-refractivity contribution is -0.130. The lowest BCUT2D eigenvalue weighted by atomic mass is 9.60. The summed E-state index contributed by atoms with van der Waals surface area (Å²) in [5.41, 5.74) is 3.52. The van der Waals surface area contributed by atoms with Crippen LogP contribution in [-0.4, -0.2) is 65.2 Å². The van der Waals surface area contributed by atoms with Crippen molar-refractivity contribution in [2.24, 2.45) is 5.41 Å². The van der Waals surface area contributed by atoms with Crippen molar-refractivity contribution in [3.8, 4) is 23.1 Å². The van der Waals surface area contributed by atoms with E-state index < -0.39 is 18.5 Å². The highest BCUT2D eigenvalue weighted by atomic mass is 19.1. The van der Waals surface area contributed by atoms with Crippen LogP contribution in [0, 0.1) is 29.5 Å². The minimum absolute atomic E-state index is 0.00823. The Balaban J connectivity index is 1.27. The van der Waals surface area contributed by atoms with Gasteiger partial charge in [-0.3, -0.25) is 9.78 Å². The van der Waals surface area contributed by atoms with Crippen LogP contribution in [-0.2, 0) is 4.79 Å². The van der Waals surface area contributed by atoms with Gasteiger partial charge >= 0.3 is 0 Å². The Morgan fingerprint density at radius 2 is 2.12 bits per heavy atom. The minimum Gasteiger partial charge on any atom is -0.479 e. The van der Waals surface area contributed by atoms with Crippen LogP contribution in [0.1, 0.15) is 54.8 Å². The molecule has 12 heteroatoms. The number of hydrogen-bond acceptors (Lipinski definition) is 8. The number of amides is 1. The molecule has 2 fully saturated rings. The fraction of sp³-hybridized carbons (Fsp3) is 0.379. The molecular formula is C29H29FN8O3. The van der Waals surface area contributed by atoms with Crippen LogP contribution in [0.3, 0.4) is 0 Å². The number of aliphatic hydroxyl groups excluding tert-OH is 1. The van der Waals surface area contributed by atoms with Crippen LogP contribution in [0.5, 0.6) is 5.75 Å². The third-order valence-corrected chi connectivity index (χ3v) is 8.41. The molecule has 210 valence electrons. The van der Waals surface area contributed by atoms with Crippen molar-refractivity contribution in [1.82, 2.24) is 34.5 Å². The molecule has 41 heavy (non-hydrogen) atoms. The molecule has 1 aliphatic heterocycles. The monoisotopic (exact) mass is 556 g/mol. The van der Waals surface area contributed by atoms with Crippen LogP contribution >= 0.6 is 0 Å². The number of carbonyl (C=O) groups excluding carboxylic acids is 1. The van der Waals surface area contributed by atoms with Crippen LogP contribution in [0.25, 0.3) is 16.8 Å². The highest BCUT2D eigenvalue weighted by Crippen LogP contribution is 2.55. The summed E-state index contributed by atoms with van der Waals surface area (Å²) < 4.78 is 23.1. The number of nitrogens with zero attached hydrogens (tertiary/aromatic N) is 8. The summed E-state index contributed by atoms with van der Waals surface area (Å²) in [5.74, 6) is -0.202. The number of pyridine rings is 2. The Morgan fingerprint density at radius 3 is 2.78 bits per heavy atom. The molecule has 1 atom stereocenters. The summed E-state index contributed by atoms with van der Waals surface area (Å²) >= 11 is 0. The number of nitriles is 1. The Hall–Kier alpha value is -4.63. The van der Waals surface area contributed by atoms with Gasteiger partial charge in [0.25, 0.3) is 0 Å². The molecule has 0 unspecified atom stereocenters. The van der Waals surface area contributed by atoms with Gasteiger partial charge in [-0.15, -0.1) is 5.10 Å². The molecule has 4 aromatic rings. The molecule has 6 rings (SSSR count). The molecule has 4 aromatic heterocycles. The Bertz CT molecular complexity index is 1660. The SMILES string of the molecule is C=CC(=O)N1CCC2(CC1)CC(n1nnc(-c3cc(O[C@@H](CO)c4ccc(F)cn4)c4c(C#N)cnn4c3)c1C)C2. The lowest BCUT2D eigenvalue weighted by Crippen LogP contribution is -2.49. The number of halogens is 1. The first kappa shape index (κ1) is 26.6. The van der Waals surface area contributed by atoms with Gasteiger partial charge < -0.3 is 14.7 Å². The highest BCUT2D eigenvalue weighted by molar-refractivity contribution is 5.87. The smallest absolute Gasteiger partial charge is 0.245 e. The summed E-state index contributed by atoms with van der Waals surface area (Å²) in [6.07, 6.45) is 8.65. The number of hydrogen-bond donors (Lipinski definition) is 1. The van der Waals surface area contributed by atoms with Gasteiger partial charge in [-0.05, 0) is 62.3 Å². The fourth-order valence-electron chi connectivity index (χ4n) is 6.11. The molecule has 5 heterocycles. The van der Waals surface area contributed by atoms with Crippen LogP contribution in [0.15, 0.2) is 49.4 Å². The standard InChI is InChI=1S/C29H29FN8O3/c1-3-26(40)36-8-6-29(7-9-36)11-22(12-29)38-18(2)27(34-35-38)19-10-24(28-20(13-31)14-33-37(28)16-19)41-25(17-39)23-5-4-21(30)15-32-23/h3-5,10,14-16,22,25,39H,1,6-9,11-12,17H2,2H3/t25-/m0/s1. The van der Waals surface area contributed by atoms with Gasteiger partial charge in [0.15, 0.2) is 6.10 Å². The normalized spacial score (nSPS) is 17.3. The van der Waals surface area contributed by atoms with E-state index >= 15 is 0 Å². The Morgan fingerprint density at radius 1 is 1.34 bits per heavy atom. The molecule has 11 nitrogen and oxygen atoms in total. The van der Waals surface area contributed by atoms with E-state index in [9.17, 15) is 19.6 Å². The largest absolute Gasteiger partial charge is 0.479 e. The first-order chi connectivity index (χ1) is 19.8. The number of aliphatic hydroxyl groups is 1. The molecule has 1 saturated heterocycles. The second kappa shape index (κ2) is 10.4. The number of carbonyl (C=O) groups is 1. The molecule has 0 radical (unpaired) electrons. The zero-order valence-corrected chi connectivity index (χ0v) is 22.6. The van der Waals surface area contributed by atoms with Crippen LogP contribution < -0.4 is 4.74 Å². The maximum absolute atomic E-state index is 13.4. The van der Waals surface area contributed by atoms with E-state index in [1.165, 1.54) is 24.4 Å². The summed E-state index contributed by atoms with van der Waals surface area (Å²) in [7, 11) is 0. The quantitative estimate of drug-likeness (QED) is 0.342. The van der Waals surface area contributed by atoms with Crippen molar-refractivity contribution in [2.75, 3.05) is 19.7 Å². The van der Waals surface area contributed by atoms with Gasteiger partial charge in [0, 0.05) is 24.8 Å². The van der Waals surface area contributed by atoms with Crippen molar-refractivity contribution in [3.63, 3.8) is 0 Å². The van der Waals surface area contributed by atoms with Gasteiger partial charge in [-0.25, -0.2) is 13.6 Å². The van der Waals surface area contributed by atoms with Gasteiger partial charge in [-0.1, -0.05) is 11.8 Å². The number of rotatable bonds is 7. The molecule has 1 amide bonds. The van der Waals surface area contributed by atoms with Gasteiger partial charge in [0.2, 0.25) is 5.91 Å². The molecular weight excluding hydrogens is 527 g/mol. The third kappa shape index (κ3) is 4.72. The van der Waals surface area contributed by atoms with Gasteiger partial charge in [0.1, 0.15) is 34.4 Å². The van der Waals surface area contributed by atoms with Crippen molar-refractivity contribution >= 4 is 11.4 Å². The predicted octanol–water partition coefficient (Wildman–Crippen LogP) is 3.55. The van der Waals surface area contributed by atoms with Crippen molar-refractivity contribution < 1.29 is 19.0 Å².